The molecular formula is C12H20O6. The van der Waals surface area contributed by atoms with Gasteiger partial charge in [-0.1, -0.05) is 0 Å². The first-order valence-corrected chi connectivity index (χ1v) is 5.66. The highest BCUT2D eigenvalue weighted by Crippen LogP contribution is 2.24. The first-order chi connectivity index (χ1) is 8.63. The Balaban J connectivity index is 2.75. The topological polar surface area (TPSA) is 63.2 Å². The van der Waals surface area contributed by atoms with Crippen molar-refractivity contribution >= 4 is 5.97 Å². The number of methoxy groups -OCH3 is 3. The van der Waals surface area contributed by atoms with E-state index < -0.39 is 0 Å². The summed E-state index contributed by atoms with van der Waals surface area (Å²) in [6.07, 6.45) is 0.691. The van der Waals surface area contributed by atoms with Crippen molar-refractivity contribution in [3.05, 3.63) is 11.8 Å². The average Bonchev–Trinajstić information content (AvgIpc) is 2.36. The average molecular weight is 260 g/mol. The highest BCUT2D eigenvalue weighted by Gasteiger charge is 2.37. The Labute approximate surface area is 107 Å². The molecule has 0 unspecified atom stereocenters. The molecule has 0 radical (unpaired) electrons. The van der Waals surface area contributed by atoms with Crippen LogP contribution in [0.5, 0.6) is 0 Å². The van der Waals surface area contributed by atoms with E-state index in [1.54, 1.807) is 27.6 Å². The molecule has 0 aromatic heterocycles. The van der Waals surface area contributed by atoms with Gasteiger partial charge >= 0.3 is 5.97 Å². The van der Waals surface area contributed by atoms with Gasteiger partial charge in [0, 0.05) is 33.8 Å². The molecule has 0 amide bonds. The zero-order valence-corrected chi connectivity index (χ0v) is 11.2. The summed E-state index contributed by atoms with van der Waals surface area (Å²) in [5, 5.41) is 0. The summed E-state index contributed by atoms with van der Waals surface area (Å²) in [5.74, 6) is -0.348. The summed E-state index contributed by atoms with van der Waals surface area (Å²) in [5.41, 5.74) is 0.729. The standard InChI is InChI=1S/C12H20O6/c1-8(13)17-5-9-6-18-10(7-14-2)12(16-4)11(9)15-3/h6,10-12H,5,7H2,1-4H3/t10-,11-,12-/m1/s1. The predicted molar refractivity (Wildman–Crippen MR) is 63.1 cm³/mol. The normalized spacial score (nSPS) is 27.3. The maximum absolute atomic E-state index is 10.8. The summed E-state index contributed by atoms with van der Waals surface area (Å²) in [6, 6.07) is 0. The monoisotopic (exact) mass is 260 g/mol. The Kier molecular flexibility index (Phi) is 6.11. The lowest BCUT2D eigenvalue weighted by molar-refractivity contribution is -0.143. The van der Waals surface area contributed by atoms with Crippen LogP contribution in [-0.4, -0.2) is 58.8 Å². The molecule has 6 nitrogen and oxygen atoms in total. The number of esters is 1. The van der Waals surface area contributed by atoms with Crippen LogP contribution < -0.4 is 0 Å². The molecule has 3 atom stereocenters. The highest BCUT2D eigenvalue weighted by molar-refractivity contribution is 5.66. The number of carbonyl (C=O) groups is 1. The molecule has 0 saturated heterocycles. The zero-order valence-electron chi connectivity index (χ0n) is 11.2. The van der Waals surface area contributed by atoms with Gasteiger partial charge in [0.15, 0.2) is 0 Å². The van der Waals surface area contributed by atoms with Gasteiger partial charge in [-0.25, -0.2) is 0 Å². The fourth-order valence-electron chi connectivity index (χ4n) is 1.89. The Bertz CT molecular complexity index is 301. The molecule has 6 heteroatoms. The van der Waals surface area contributed by atoms with Gasteiger partial charge in [-0.05, 0) is 0 Å². The number of hydrogen-bond donors (Lipinski definition) is 0. The highest BCUT2D eigenvalue weighted by atomic mass is 16.6. The van der Waals surface area contributed by atoms with E-state index in [2.05, 4.69) is 0 Å². The number of carbonyl (C=O) groups excluding carboxylic acids is 1. The summed E-state index contributed by atoms with van der Waals surface area (Å²) in [4.78, 5) is 10.8. The van der Waals surface area contributed by atoms with Crippen LogP contribution in [0.2, 0.25) is 0 Å². The third-order valence-electron chi connectivity index (χ3n) is 2.72. The second-order valence-corrected chi connectivity index (χ2v) is 3.96. The van der Waals surface area contributed by atoms with E-state index in [-0.39, 0.29) is 30.9 Å². The van der Waals surface area contributed by atoms with Crippen LogP contribution in [0.1, 0.15) is 6.92 Å². The van der Waals surface area contributed by atoms with Crippen molar-refractivity contribution in [2.75, 3.05) is 34.5 Å². The first-order valence-electron chi connectivity index (χ1n) is 5.66. The molecular weight excluding hydrogens is 240 g/mol. The molecule has 0 aromatic carbocycles. The van der Waals surface area contributed by atoms with Gasteiger partial charge in [0.25, 0.3) is 0 Å². The molecule has 18 heavy (non-hydrogen) atoms. The van der Waals surface area contributed by atoms with Crippen LogP contribution in [-0.2, 0) is 28.5 Å². The molecule has 1 aliphatic rings. The van der Waals surface area contributed by atoms with Crippen molar-refractivity contribution in [3.63, 3.8) is 0 Å². The first kappa shape index (κ1) is 14.9. The van der Waals surface area contributed by atoms with Crippen LogP contribution in [0.15, 0.2) is 11.8 Å². The lowest BCUT2D eigenvalue weighted by Gasteiger charge is -2.35. The molecule has 0 saturated carbocycles. The molecule has 0 bridgehead atoms. The number of hydrogen-bond acceptors (Lipinski definition) is 6. The lowest BCUT2D eigenvalue weighted by atomic mass is 9.99. The van der Waals surface area contributed by atoms with Crippen molar-refractivity contribution in [3.8, 4) is 0 Å². The number of ether oxygens (including phenoxy) is 5. The summed E-state index contributed by atoms with van der Waals surface area (Å²) >= 11 is 0. The molecule has 1 heterocycles. The molecule has 104 valence electrons. The van der Waals surface area contributed by atoms with Gasteiger partial charge < -0.3 is 23.7 Å². The Hall–Kier alpha value is -1.11. The van der Waals surface area contributed by atoms with Crippen molar-refractivity contribution < 1.29 is 28.5 Å². The molecule has 0 aliphatic carbocycles. The second kappa shape index (κ2) is 7.35. The SMILES string of the molecule is COC[C@H]1OC=C(COC(C)=O)[C@@H](OC)[C@@H]1OC. The van der Waals surface area contributed by atoms with Crippen molar-refractivity contribution in [2.24, 2.45) is 0 Å². The third-order valence-corrected chi connectivity index (χ3v) is 2.72. The summed E-state index contributed by atoms with van der Waals surface area (Å²) in [7, 11) is 4.75. The minimum Gasteiger partial charge on any atom is -0.493 e. The van der Waals surface area contributed by atoms with Crippen LogP contribution in [0.3, 0.4) is 0 Å². The van der Waals surface area contributed by atoms with Crippen molar-refractivity contribution in [2.45, 2.75) is 25.2 Å². The molecule has 0 aromatic rings. The smallest absolute Gasteiger partial charge is 0.302 e. The van der Waals surface area contributed by atoms with Gasteiger partial charge in [0.05, 0.1) is 12.9 Å². The Morgan fingerprint density at radius 2 is 2.06 bits per heavy atom. The second-order valence-electron chi connectivity index (χ2n) is 3.96. The van der Waals surface area contributed by atoms with Crippen LogP contribution >= 0.6 is 0 Å². The van der Waals surface area contributed by atoms with E-state index in [1.807, 2.05) is 0 Å². The van der Waals surface area contributed by atoms with E-state index in [4.69, 9.17) is 23.7 Å². The molecule has 1 rings (SSSR count). The minimum atomic E-state index is -0.348. The third kappa shape index (κ3) is 3.69. The fraction of sp³-hybridized carbons (Fsp3) is 0.750. The van der Waals surface area contributed by atoms with Gasteiger partial charge in [-0.3, -0.25) is 4.79 Å². The summed E-state index contributed by atoms with van der Waals surface area (Å²) < 4.78 is 26.3. The van der Waals surface area contributed by atoms with Crippen LogP contribution in [0, 0.1) is 0 Å². The molecule has 0 spiro atoms. The summed E-state index contributed by atoms with van der Waals surface area (Å²) in [6.45, 7) is 1.89. The van der Waals surface area contributed by atoms with Gasteiger partial charge in [-0.2, -0.15) is 0 Å². The van der Waals surface area contributed by atoms with E-state index in [9.17, 15) is 4.79 Å². The minimum absolute atomic E-state index is 0.132. The van der Waals surface area contributed by atoms with Crippen LogP contribution in [0.4, 0.5) is 0 Å². The Morgan fingerprint density at radius 1 is 1.33 bits per heavy atom. The molecule has 1 aliphatic heterocycles. The predicted octanol–water partition coefficient (Wildman–Crippen LogP) is 0.509. The van der Waals surface area contributed by atoms with E-state index in [1.165, 1.54) is 6.92 Å². The van der Waals surface area contributed by atoms with Gasteiger partial charge in [-0.15, -0.1) is 0 Å². The Morgan fingerprint density at radius 3 is 2.56 bits per heavy atom. The lowest BCUT2D eigenvalue weighted by Crippen LogP contribution is -2.47. The fourth-order valence-corrected chi connectivity index (χ4v) is 1.89. The molecule has 0 fully saturated rings. The van der Waals surface area contributed by atoms with Gasteiger partial charge in [0.1, 0.15) is 24.9 Å². The van der Waals surface area contributed by atoms with E-state index in [0.29, 0.717) is 6.61 Å². The van der Waals surface area contributed by atoms with Crippen molar-refractivity contribution in [1.29, 1.82) is 0 Å². The largest absolute Gasteiger partial charge is 0.493 e. The van der Waals surface area contributed by atoms with Gasteiger partial charge in [0.2, 0.25) is 0 Å². The number of rotatable bonds is 6. The van der Waals surface area contributed by atoms with E-state index in [0.717, 1.165) is 5.57 Å². The maximum atomic E-state index is 10.8. The molecule has 0 N–H and O–H groups in total. The van der Waals surface area contributed by atoms with E-state index >= 15 is 0 Å². The quantitative estimate of drug-likeness (QED) is 0.648. The van der Waals surface area contributed by atoms with Crippen LogP contribution in [0.25, 0.3) is 0 Å². The zero-order chi connectivity index (χ0) is 13.5. The maximum Gasteiger partial charge on any atom is 0.302 e. The van der Waals surface area contributed by atoms with Crippen molar-refractivity contribution in [1.82, 2.24) is 0 Å².